The van der Waals surface area contributed by atoms with E-state index in [1.54, 1.807) is 0 Å². The highest BCUT2D eigenvalue weighted by molar-refractivity contribution is 5.80. The summed E-state index contributed by atoms with van der Waals surface area (Å²) in [6.45, 7) is 6.80. The number of fused-ring (bicyclic) bond motifs is 1. The Morgan fingerprint density at radius 2 is 1.90 bits per heavy atom. The van der Waals surface area contributed by atoms with Crippen molar-refractivity contribution in [1.29, 1.82) is 0 Å². The molecule has 0 amide bonds. The number of anilines is 1. The quantitative estimate of drug-likeness (QED) is 0.612. The van der Waals surface area contributed by atoms with Gasteiger partial charge in [0.25, 0.3) is 0 Å². The van der Waals surface area contributed by atoms with Crippen LogP contribution >= 0.6 is 0 Å². The number of hydrogen-bond donors (Lipinski definition) is 1. The average molecular weight is 418 g/mol. The summed E-state index contributed by atoms with van der Waals surface area (Å²) in [5.74, 6) is 1.98. The van der Waals surface area contributed by atoms with E-state index < -0.39 is 11.6 Å². The average Bonchev–Trinajstić information content (AvgIpc) is 2.99. The molecule has 162 valence electrons. The molecule has 0 radical (unpaired) electrons. The highest BCUT2D eigenvalue weighted by Crippen LogP contribution is 2.22. The number of aliphatic imine (C=N–C) groups is 1. The minimum Gasteiger partial charge on any atom is -0.366 e. The fraction of sp³-hybridized carbons (Fsp3) is 0.571. The van der Waals surface area contributed by atoms with Crippen molar-refractivity contribution in [2.75, 3.05) is 37.6 Å². The molecule has 7 nitrogen and oxygen atoms in total. The number of aryl methyl sites for hydroxylation is 1. The van der Waals surface area contributed by atoms with E-state index in [0.717, 1.165) is 49.6 Å². The zero-order chi connectivity index (χ0) is 20.9. The highest BCUT2D eigenvalue weighted by atomic mass is 19.1. The molecule has 1 fully saturated rings. The minimum absolute atomic E-state index is 0.322. The second-order valence-electron chi connectivity index (χ2n) is 7.73. The summed E-state index contributed by atoms with van der Waals surface area (Å²) in [7, 11) is 0. The summed E-state index contributed by atoms with van der Waals surface area (Å²) in [6, 6.07) is 3.60. The molecule has 4 rings (SSSR count). The molecule has 1 saturated heterocycles. The van der Waals surface area contributed by atoms with Crippen LogP contribution in [0, 0.1) is 11.6 Å². The SMILES string of the molecule is CCNC(=NCc1nnc2n1CCCCC2)N1CCN(c2cc(F)ccc2F)CC1. The van der Waals surface area contributed by atoms with E-state index in [2.05, 4.69) is 25.0 Å². The second kappa shape index (κ2) is 9.40. The molecule has 2 aromatic rings. The van der Waals surface area contributed by atoms with Crippen molar-refractivity contribution in [2.24, 2.45) is 4.99 Å². The maximum absolute atomic E-state index is 14.1. The van der Waals surface area contributed by atoms with Crippen molar-refractivity contribution < 1.29 is 8.78 Å². The van der Waals surface area contributed by atoms with E-state index in [9.17, 15) is 8.78 Å². The predicted molar refractivity (Wildman–Crippen MR) is 113 cm³/mol. The molecule has 0 saturated carbocycles. The Labute approximate surface area is 175 Å². The van der Waals surface area contributed by atoms with E-state index in [1.807, 2.05) is 11.8 Å². The fourth-order valence-electron chi connectivity index (χ4n) is 4.12. The number of guanidine groups is 1. The van der Waals surface area contributed by atoms with Gasteiger partial charge in [0, 0.05) is 51.8 Å². The van der Waals surface area contributed by atoms with Gasteiger partial charge >= 0.3 is 0 Å². The van der Waals surface area contributed by atoms with Crippen LogP contribution in [-0.2, 0) is 19.5 Å². The first kappa shape index (κ1) is 20.6. The van der Waals surface area contributed by atoms with Crippen LogP contribution in [0.25, 0.3) is 0 Å². The summed E-state index contributed by atoms with van der Waals surface area (Å²) >= 11 is 0. The lowest BCUT2D eigenvalue weighted by atomic mass is 10.2. The summed E-state index contributed by atoms with van der Waals surface area (Å²) in [6.07, 6.45) is 4.53. The van der Waals surface area contributed by atoms with Gasteiger partial charge in [0.05, 0.1) is 5.69 Å². The van der Waals surface area contributed by atoms with Crippen LogP contribution < -0.4 is 10.2 Å². The fourth-order valence-corrected chi connectivity index (χ4v) is 4.12. The number of rotatable bonds is 4. The molecular formula is C21H29F2N7. The van der Waals surface area contributed by atoms with E-state index in [-0.39, 0.29) is 0 Å². The van der Waals surface area contributed by atoms with Crippen LogP contribution in [-0.4, -0.2) is 58.3 Å². The van der Waals surface area contributed by atoms with Gasteiger partial charge in [0.1, 0.15) is 24.0 Å². The number of benzene rings is 1. The Hall–Kier alpha value is -2.71. The Bertz CT molecular complexity index is 887. The second-order valence-corrected chi connectivity index (χ2v) is 7.73. The third kappa shape index (κ3) is 4.55. The summed E-state index contributed by atoms with van der Waals surface area (Å²) in [5, 5.41) is 12.1. The van der Waals surface area contributed by atoms with E-state index in [1.165, 1.54) is 25.0 Å². The van der Waals surface area contributed by atoms with Gasteiger partial charge in [-0.25, -0.2) is 13.8 Å². The van der Waals surface area contributed by atoms with Gasteiger partial charge in [-0.15, -0.1) is 10.2 Å². The van der Waals surface area contributed by atoms with E-state index >= 15 is 0 Å². The maximum atomic E-state index is 14.1. The van der Waals surface area contributed by atoms with Crippen molar-refractivity contribution in [2.45, 2.75) is 45.7 Å². The van der Waals surface area contributed by atoms with Crippen molar-refractivity contribution in [3.63, 3.8) is 0 Å². The number of piperazine rings is 1. The minimum atomic E-state index is -0.420. The predicted octanol–water partition coefficient (Wildman–Crippen LogP) is 2.57. The molecule has 0 aliphatic carbocycles. The van der Waals surface area contributed by atoms with Gasteiger partial charge in [0.2, 0.25) is 0 Å². The zero-order valence-corrected chi connectivity index (χ0v) is 17.4. The van der Waals surface area contributed by atoms with Crippen LogP contribution in [0.2, 0.25) is 0 Å². The summed E-state index contributed by atoms with van der Waals surface area (Å²) in [4.78, 5) is 8.85. The molecule has 1 aromatic carbocycles. The van der Waals surface area contributed by atoms with Gasteiger partial charge < -0.3 is 19.7 Å². The molecule has 3 heterocycles. The number of aromatic nitrogens is 3. The van der Waals surface area contributed by atoms with Gasteiger partial charge in [-0.2, -0.15) is 0 Å². The van der Waals surface area contributed by atoms with Gasteiger partial charge in [0.15, 0.2) is 11.8 Å². The number of nitrogens with one attached hydrogen (secondary N) is 1. The van der Waals surface area contributed by atoms with Crippen molar-refractivity contribution in [3.8, 4) is 0 Å². The lowest BCUT2D eigenvalue weighted by Crippen LogP contribution is -2.52. The lowest BCUT2D eigenvalue weighted by molar-refractivity contribution is 0.370. The first-order valence-corrected chi connectivity index (χ1v) is 10.8. The molecule has 1 aromatic heterocycles. The Morgan fingerprint density at radius 1 is 1.07 bits per heavy atom. The van der Waals surface area contributed by atoms with E-state index in [0.29, 0.717) is 38.4 Å². The van der Waals surface area contributed by atoms with Gasteiger partial charge in [-0.05, 0) is 31.9 Å². The van der Waals surface area contributed by atoms with Crippen LogP contribution in [0.5, 0.6) is 0 Å². The summed E-state index contributed by atoms with van der Waals surface area (Å²) < 4.78 is 29.9. The van der Waals surface area contributed by atoms with Crippen molar-refractivity contribution >= 4 is 11.6 Å². The summed E-state index contributed by atoms with van der Waals surface area (Å²) in [5.41, 5.74) is 0.322. The van der Waals surface area contributed by atoms with Crippen molar-refractivity contribution in [1.82, 2.24) is 25.0 Å². The van der Waals surface area contributed by atoms with Crippen LogP contribution in [0.4, 0.5) is 14.5 Å². The molecule has 2 aliphatic rings. The zero-order valence-electron chi connectivity index (χ0n) is 17.4. The first-order valence-electron chi connectivity index (χ1n) is 10.8. The monoisotopic (exact) mass is 417 g/mol. The molecular weight excluding hydrogens is 388 g/mol. The molecule has 9 heteroatoms. The standard InChI is InChI=1S/C21H29F2N7/c1-2-24-21(25-15-20-27-26-19-6-4-3-5-9-30(19)20)29-12-10-28(11-13-29)18-14-16(22)7-8-17(18)23/h7-8,14H,2-6,9-13,15H2,1H3,(H,24,25). The largest absolute Gasteiger partial charge is 0.366 e. The smallest absolute Gasteiger partial charge is 0.194 e. The lowest BCUT2D eigenvalue weighted by Gasteiger charge is -2.37. The molecule has 2 aliphatic heterocycles. The highest BCUT2D eigenvalue weighted by Gasteiger charge is 2.22. The number of nitrogens with zero attached hydrogens (tertiary/aromatic N) is 6. The van der Waals surface area contributed by atoms with Crippen LogP contribution in [0.1, 0.15) is 37.8 Å². The third-order valence-corrected chi connectivity index (χ3v) is 5.72. The van der Waals surface area contributed by atoms with E-state index in [4.69, 9.17) is 4.99 Å². The molecule has 0 unspecified atom stereocenters. The third-order valence-electron chi connectivity index (χ3n) is 5.72. The maximum Gasteiger partial charge on any atom is 0.194 e. The van der Waals surface area contributed by atoms with Crippen molar-refractivity contribution in [3.05, 3.63) is 41.5 Å². The topological polar surface area (TPSA) is 61.6 Å². The van der Waals surface area contributed by atoms with Crippen LogP contribution in [0.15, 0.2) is 23.2 Å². The molecule has 1 N–H and O–H groups in total. The molecule has 0 bridgehead atoms. The Morgan fingerprint density at radius 3 is 2.70 bits per heavy atom. The Balaban J connectivity index is 1.43. The molecule has 0 atom stereocenters. The first-order chi connectivity index (χ1) is 14.7. The Kier molecular flexibility index (Phi) is 6.44. The van der Waals surface area contributed by atoms with Crippen LogP contribution in [0.3, 0.4) is 0 Å². The van der Waals surface area contributed by atoms with Gasteiger partial charge in [-0.3, -0.25) is 0 Å². The molecule has 0 spiro atoms. The molecule has 30 heavy (non-hydrogen) atoms. The normalized spacial score (nSPS) is 17.6. The van der Waals surface area contributed by atoms with Gasteiger partial charge in [-0.1, -0.05) is 6.42 Å². The number of halogens is 2. The number of hydrogen-bond acceptors (Lipinski definition) is 4.